The third-order valence-electron chi connectivity index (χ3n) is 1.33. The topological polar surface area (TPSA) is 0 Å². The van der Waals surface area contributed by atoms with Crippen molar-refractivity contribution in [2.75, 3.05) is 0 Å². The van der Waals surface area contributed by atoms with Gasteiger partial charge in [0.15, 0.2) is 0 Å². The first-order valence-corrected chi connectivity index (χ1v) is 8.48. The Hall–Kier alpha value is 0.168. The summed E-state index contributed by atoms with van der Waals surface area (Å²) in [6.45, 7) is 0. The van der Waals surface area contributed by atoms with Gasteiger partial charge in [0.2, 0.25) is 0 Å². The Bertz CT molecular complexity index is 88.0. The molecule has 1 aliphatic rings. The third kappa shape index (κ3) is 10.2. The van der Waals surface area contributed by atoms with Crippen molar-refractivity contribution in [2.45, 2.75) is 36.3 Å². The van der Waals surface area contributed by atoms with E-state index in [0.717, 1.165) is 0 Å². The van der Waals surface area contributed by atoms with Crippen LogP contribution in [0.1, 0.15) is 25.7 Å². The molecule has 11 heavy (non-hydrogen) atoms. The van der Waals surface area contributed by atoms with Crippen LogP contribution < -0.4 is 0 Å². The van der Waals surface area contributed by atoms with Crippen molar-refractivity contribution in [3.05, 3.63) is 24.3 Å². The molecule has 0 aromatic heterocycles. The van der Waals surface area contributed by atoms with Gasteiger partial charge in [-0.25, -0.2) is 0 Å². The van der Waals surface area contributed by atoms with Gasteiger partial charge in [-0.3, -0.25) is 0 Å². The molecule has 0 fully saturated rings. The Labute approximate surface area is 79.3 Å². The molecule has 0 bridgehead atoms. The second-order valence-electron chi connectivity index (χ2n) is 2.41. The molecule has 0 nitrogen and oxygen atoms in total. The molecule has 0 N–H and O–H groups in total. The van der Waals surface area contributed by atoms with Crippen LogP contribution in [0.5, 0.6) is 0 Å². The average Bonchev–Trinajstić information content (AvgIpc) is 1.86. The minimum absolute atomic E-state index is 0.583. The van der Waals surface area contributed by atoms with Crippen LogP contribution in [0, 0.1) is 0 Å². The maximum atomic E-state index is 2.27. The Morgan fingerprint density at radius 3 is 1.09 bits per heavy atom. The summed E-state index contributed by atoms with van der Waals surface area (Å²) in [7, 11) is 0. The normalized spacial score (nSPS) is 16.5. The predicted molar refractivity (Wildman–Crippen MR) is 48.5 cm³/mol. The van der Waals surface area contributed by atoms with Gasteiger partial charge >= 0.3 is 29.2 Å². The van der Waals surface area contributed by atoms with E-state index in [9.17, 15) is 0 Å². The average molecular weight is 333 g/mol. The minimum atomic E-state index is 0.583. The van der Waals surface area contributed by atoms with Crippen molar-refractivity contribution in [1.29, 1.82) is 0 Å². The van der Waals surface area contributed by atoms with Gasteiger partial charge in [-0.1, -0.05) is 24.3 Å². The van der Waals surface area contributed by atoms with Crippen molar-refractivity contribution < 1.29 is 18.6 Å². The molecule has 0 spiro atoms. The predicted octanol–water partition coefficient (Wildman–Crippen LogP) is 3.84. The van der Waals surface area contributed by atoms with Crippen molar-refractivity contribution in [3.8, 4) is 0 Å². The summed E-state index contributed by atoms with van der Waals surface area (Å²) >= 11 is 0.583. The summed E-state index contributed by atoms with van der Waals surface area (Å²) in [5.74, 6) is 0. The molecular weight excluding hydrogens is 315 g/mol. The van der Waals surface area contributed by atoms with Crippen LogP contribution in [0.4, 0.5) is 0 Å². The molecule has 1 aliphatic carbocycles. The van der Waals surface area contributed by atoms with E-state index in [4.69, 9.17) is 0 Å². The standard InChI is InChI=1S/C8H12.2CH3.Pt/c1-2-4-6-8-7-5-3-1;;;/h1-2,7-8H,3-6H2;2*1H3;. The van der Waals surface area contributed by atoms with Crippen LogP contribution in [0.2, 0.25) is 10.6 Å². The summed E-state index contributed by atoms with van der Waals surface area (Å²) in [4.78, 5) is 0. The Morgan fingerprint density at radius 2 is 0.909 bits per heavy atom. The van der Waals surface area contributed by atoms with Crippen LogP contribution in [-0.2, 0) is 18.6 Å². The summed E-state index contributed by atoms with van der Waals surface area (Å²) in [6, 6.07) is 0. The van der Waals surface area contributed by atoms with Crippen molar-refractivity contribution in [2.24, 2.45) is 0 Å². The molecule has 1 rings (SSSR count). The summed E-state index contributed by atoms with van der Waals surface area (Å²) in [6.07, 6.45) is 14.0. The molecule has 0 aromatic rings. The van der Waals surface area contributed by atoms with E-state index < -0.39 is 0 Å². The number of allylic oxidation sites excluding steroid dienone is 4. The Morgan fingerprint density at radius 1 is 0.727 bits per heavy atom. The van der Waals surface area contributed by atoms with E-state index in [1.165, 1.54) is 25.7 Å². The van der Waals surface area contributed by atoms with Crippen LogP contribution in [0.25, 0.3) is 0 Å². The summed E-state index contributed by atoms with van der Waals surface area (Å²) in [5, 5.41) is 4.47. The van der Waals surface area contributed by atoms with Crippen LogP contribution in [0.15, 0.2) is 24.3 Å². The monoisotopic (exact) mass is 333 g/mol. The number of rotatable bonds is 0. The summed E-state index contributed by atoms with van der Waals surface area (Å²) < 4.78 is 0. The number of hydrogen-bond donors (Lipinski definition) is 0. The molecule has 1 heteroatoms. The van der Waals surface area contributed by atoms with Crippen molar-refractivity contribution >= 4 is 0 Å². The fraction of sp³-hybridized carbons (Fsp3) is 0.600. The van der Waals surface area contributed by atoms with Gasteiger partial charge in [-0.05, 0) is 25.7 Å². The molecule has 0 aliphatic heterocycles. The van der Waals surface area contributed by atoms with Gasteiger partial charge in [-0.2, -0.15) is 0 Å². The van der Waals surface area contributed by atoms with E-state index in [1.54, 1.807) is 0 Å². The number of hydrogen-bond acceptors (Lipinski definition) is 0. The van der Waals surface area contributed by atoms with E-state index in [2.05, 4.69) is 34.9 Å². The van der Waals surface area contributed by atoms with E-state index >= 15 is 0 Å². The zero-order valence-corrected chi connectivity index (χ0v) is 9.73. The molecule has 68 valence electrons. The fourth-order valence-electron chi connectivity index (χ4n) is 0.856. The molecule has 0 heterocycles. The first-order chi connectivity index (χ1) is 5.41. The Kier molecular flexibility index (Phi) is 10.3. The third-order valence-corrected chi connectivity index (χ3v) is 1.33. The van der Waals surface area contributed by atoms with Gasteiger partial charge in [-0.15, -0.1) is 0 Å². The second-order valence-corrected chi connectivity index (χ2v) is 4.69. The molecule has 0 atom stereocenters. The second kappa shape index (κ2) is 10.2. The van der Waals surface area contributed by atoms with Crippen LogP contribution in [-0.4, -0.2) is 0 Å². The van der Waals surface area contributed by atoms with Crippen LogP contribution >= 0.6 is 0 Å². The molecule has 0 radical (unpaired) electrons. The Balaban J connectivity index is 0.000000292. The van der Waals surface area contributed by atoms with Gasteiger partial charge < -0.3 is 0 Å². The first-order valence-electron chi connectivity index (χ1n) is 3.93. The van der Waals surface area contributed by atoms with Crippen LogP contribution in [0.3, 0.4) is 0 Å². The summed E-state index contributed by atoms with van der Waals surface area (Å²) in [5.41, 5.74) is 0. The molecule has 0 unspecified atom stereocenters. The van der Waals surface area contributed by atoms with Crippen molar-refractivity contribution in [3.63, 3.8) is 0 Å². The van der Waals surface area contributed by atoms with E-state index in [-0.39, 0.29) is 0 Å². The van der Waals surface area contributed by atoms with E-state index in [1.807, 2.05) is 0 Å². The molecule has 0 saturated carbocycles. The van der Waals surface area contributed by atoms with Crippen molar-refractivity contribution in [1.82, 2.24) is 0 Å². The molecule has 0 amide bonds. The molecule has 0 saturated heterocycles. The zero-order valence-electron chi connectivity index (χ0n) is 7.45. The van der Waals surface area contributed by atoms with E-state index in [0.29, 0.717) is 18.6 Å². The van der Waals surface area contributed by atoms with Gasteiger partial charge in [0.25, 0.3) is 0 Å². The van der Waals surface area contributed by atoms with Gasteiger partial charge in [0.05, 0.1) is 0 Å². The first kappa shape index (κ1) is 11.2. The van der Waals surface area contributed by atoms with Gasteiger partial charge in [0, 0.05) is 0 Å². The molecule has 0 aromatic carbocycles. The zero-order chi connectivity index (χ0) is 8.36. The maximum absolute atomic E-state index is 2.27. The quantitative estimate of drug-likeness (QED) is 0.591. The SMILES string of the molecule is C1=CCCC=CCC1.[CH3][Pt][CH3]. The van der Waals surface area contributed by atoms with Gasteiger partial charge in [0.1, 0.15) is 0 Å². The molecular formula is C10H18Pt. The fourth-order valence-corrected chi connectivity index (χ4v) is 0.856.